The summed E-state index contributed by atoms with van der Waals surface area (Å²) in [5, 5.41) is 39.6. The number of nitrogens with zero attached hydrogens (tertiary/aromatic N) is 1. The minimum atomic E-state index is -1.49. The van der Waals surface area contributed by atoms with Crippen LogP contribution >= 0.6 is 11.8 Å². The Bertz CT molecular complexity index is 662. The summed E-state index contributed by atoms with van der Waals surface area (Å²) in [6.07, 6.45) is -5.07. The highest BCUT2D eigenvalue weighted by atomic mass is 35.5. The maximum atomic E-state index is 10.1. The molecule has 7 nitrogen and oxygen atoms in total. The molecule has 0 amide bonds. The second-order valence-electron chi connectivity index (χ2n) is 5.13. The zero-order valence-corrected chi connectivity index (χ0v) is 12.2. The van der Waals surface area contributed by atoms with Gasteiger partial charge in [0.25, 0.3) is 0 Å². The van der Waals surface area contributed by atoms with Gasteiger partial charge in [0.2, 0.25) is 0 Å². The Labute approximate surface area is 131 Å². The molecule has 0 aliphatic carbocycles. The van der Waals surface area contributed by atoms with E-state index in [0.717, 1.165) is 0 Å². The molecule has 4 N–H and O–H groups in total. The zero-order chi connectivity index (χ0) is 15.9. The van der Waals surface area contributed by atoms with E-state index in [-0.39, 0.29) is 0 Å². The second kappa shape index (κ2) is 6.04. The molecule has 120 valence electrons. The van der Waals surface area contributed by atoms with Gasteiger partial charge in [-0.3, -0.25) is 4.09 Å². The van der Waals surface area contributed by atoms with Crippen LogP contribution in [0.1, 0.15) is 0 Å². The first kappa shape index (κ1) is 15.5. The number of halogens is 1. The molecule has 0 unspecified atom stereocenters. The van der Waals surface area contributed by atoms with Crippen molar-refractivity contribution in [2.75, 3.05) is 6.61 Å². The molecule has 2 aromatic rings. The summed E-state index contributed by atoms with van der Waals surface area (Å²) in [7, 11) is 0. The van der Waals surface area contributed by atoms with E-state index in [9.17, 15) is 15.3 Å². The van der Waals surface area contributed by atoms with Gasteiger partial charge in [-0.15, -0.1) is 0 Å². The van der Waals surface area contributed by atoms with Crippen molar-refractivity contribution in [3.05, 3.63) is 30.5 Å². The van der Waals surface area contributed by atoms with E-state index in [1.54, 1.807) is 18.2 Å². The van der Waals surface area contributed by atoms with E-state index in [4.69, 9.17) is 26.4 Å². The molecule has 0 saturated carbocycles. The minimum absolute atomic E-state index is 0.340. The highest BCUT2D eigenvalue weighted by Gasteiger charge is 2.45. The molecule has 1 aromatic carbocycles. The van der Waals surface area contributed by atoms with Crippen molar-refractivity contribution >= 4 is 22.7 Å². The normalized spacial score (nSPS) is 32.3. The summed E-state index contributed by atoms with van der Waals surface area (Å²) in [6.45, 7) is -0.525. The molecular weight excluding hydrogens is 314 g/mol. The van der Waals surface area contributed by atoms with Crippen LogP contribution in [0.15, 0.2) is 30.5 Å². The molecule has 8 heteroatoms. The van der Waals surface area contributed by atoms with Gasteiger partial charge in [0.05, 0.1) is 18.3 Å². The Kier molecular flexibility index (Phi) is 4.26. The number of aliphatic hydroxyl groups excluding tert-OH is 4. The smallest absolute Gasteiger partial charge is 0.195 e. The molecule has 1 fully saturated rings. The Morgan fingerprint density at radius 3 is 2.64 bits per heavy atom. The van der Waals surface area contributed by atoms with Crippen molar-refractivity contribution in [2.45, 2.75) is 30.7 Å². The summed E-state index contributed by atoms with van der Waals surface area (Å²) in [4.78, 5) is 0. The SMILES string of the molecule is OC[C@H]1O[C@H](O)[C@H](Oc2cn(Cl)c3ccccc23)[C@@H](O)[C@@H]1O. The van der Waals surface area contributed by atoms with Crippen LogP contribution in [0.25, 0.3) is 10.9 Å². The van der Waals surface area contributed by atoms with Gasteiger partial charge in [-0.05, 0) is 12.1 Å². The van der Waals surface area contributed by atoms with Gasteiger partial charge in [0, 0.05) is 17.2 Å². The Morgan fingerprint density at radius 1 is 1.18 bits per heavy atom. The summed E-state index contributed by atoms with van der Waals surface area (Å²) in [6, 6.07) is 7.18. The van der Waals surface area contributed by atoms with Crippen molar-refractivity contribution < 1.29 is 29.9 Å². The van der Waals surface area contributed by atoms with Gasteiger partial charge in [0.1, 0.15) is 24.1 Å². The number of hydrogen-bond acceptors (Lipinski definition) is 6. The van der Waals surface area contributed by atoms with Crippen LogP contribution in [0.3, 0.4) is 0 Å². The first-order chi connectivity index (χ1) is 10.5. The quantitative estimate of drug-likeness (QED) is 0.623. The summed E-state index contributed by atoms with van der Waals surface area (Å²) in [5.41, 5.74) is 0.702. The lowest BCUT2D eigenvalue weighted by atomic mass is 9.99. The van der Waals surface area contributed by atoms with Gasteiger partial charge in [-0.25, -0.2) is 0 Å². The molecule has 5 atom stereocenters. The van der Waals surface area contributed by atoms with E-state index in [1.807, 2.05) is 6.07 Å². The monoisotopic (exact) mass is 329 g/mol. The van der Waals surface area contributed by atoms with Crippen LogP contribution in [0.4, 0.5) is 0 Å². The van der Waals surface area contributed by atoms with Gasteiger partial charge < -0.3 is 29.9 Å². The molecule has 22 heavy (non-hydrogen) atoms. The lowest BCUT2D eigenvalue weighted by Crippen LogP contribution is -2.60. The number of aliphatic hydroxyl groups is 4. The zero-order valence-electron chi connectivity index (χ0n) is 11.4. The molecule has 0 radical (unpaired) electrons. The molecule has 0 spiro atoms. The number of rotatable bonds is 3. The third-order valence-electron chi connectivity index (χ3n) is 3.74. The Morgan fingerprint density at radius 2 is 1.91 bits per heavy atom. The van der Waals surface area contributed by atoms with Gasteiger partial charge in [-0.1, -0.05) is 12.1 Å². The van der Waals surface area contributed by atoms with Gasteiger partial charge in [-0.2, -0.15) is 0 Å². The fourth-order valence-corrected chi connectivity index (χ4v) is 2.79. The van der Waals surface area contributed by atoms with Crippen molar-refractivity contribution in [3.63, 3.8) is 0 Å². The maximum Gasteiger partial charge on any atom is 0.195 e. The largest absolute Gasteiger partial charge is 0.480 e. The predicted octanol–water partition coefficient (Wildman–Crippen LogP) is -0.178. The topological polar surface area (TPSA) is 104 Å². The molecule has 1 saturated heterocycles. The second-order valence-corrected chi connectivity index (χ2v) is 5.50. The van der Waals surface area contributed by atoms with Crippen molar-refractivity contribution in [1.82, 2.24) is 4.09 Å². The average Bonchev–Trinajstić information content (AvgIpc) is 2.84. The summed E-state index contributed by atoms with van der Waals surface area (Å²) in [5.74, 6) is 0.340. The number of aromatic nitrogens is 1. The number of hydrogen-bond donors (Lipinski definition) is 4. The lowest BCUT2D eigenvalue weighted by Gasteiger charge is -2.39. The van der Waals surface area contributed by atoms with Crippen LogP contribution in [0, 0.1) is 0 Å². The van der Waals surface area contributed by atoms with Crippen LogP contribution in [-0.4, -0.2) is 61.8 Å². The number of para-hydroxylation sites is 1. The summed E-state index contributed by atoms with van der Waals surface area (Å²) < 4.78 is 12.0. The van der Waals surface area contributed by atoms with Gasteiger partial charge in [0.15, 0.2) is 12.4 Å². The highest BCUT2D eigenvalue weighted by molar-refractivity contribution is 6.19. The van der Waals surface area contributed by atoms with Gasteiger partial charge >= 0.3 is 0 Å². The first-order valence-electron chi connectivity index (χ1n) is 6.76. The minimum Gasteiger partial charge on any atom is -0.480 e. The first-order valence-corrected chi connectivity index (χ1v) is 7.10. The van der Waals surface area contributed by atoms with Crippen LogP contribution in [-0.2, 0) is 4.74 Å². The number of fused-ring (bicyclic) bond motifs is 1. The number of benzene rings is 1. The van der Waals surface area contributed by atoms with E-state index in [2.05, 4.69) is 0 Å². The predicted molar refractivity (Wildman–Crippen MR) is 77.6 cm³/mol. The van der Waals surface area contributed by atoms with Crippen molar-refractivity contribution in [1.29, 1.82) is 0 Å². The third kappa shape index (κ3) is 2.56. The molecule has 2 heterocycles. The van der Waals surface area contributed by atoms with Crippen molar-refractivity contribution in [2.24, 2.45) is 0 Å². The summed E-state index contributed by atoms with van der Waals surface area (Å²) >= 11 is 6.04. The van der Waals surface area contributed by atoms with Crippen LogP contribution < -0.4 is 4.74 Å². The van der Waals surface area contributed by atoms with E-state index in [0.29, 0.717) is 16.7 Å². The Hall–Kier alpha value is -1.35. The molecule has 1 aliphatic rings. The highest BCUT2D eigenvalue weighted by Crippen LogP contribution is 2.32. The van der Waals surface area contributed by atoms with Crippen LogP contribution in [0.5, 0.6) is 5.75 Å². The lowest BCUT2D eigenvalue weighted by molar-refractivity contribution is -0.280. The van der Waals surface area contributed by atoms with E-state index in [1.165, 1.54) is 10.3 Å². The standard InChI is InChI=1S/C14H16ClNO6/c15-16-5-9(7-3-1-2-4-8(7)16)21-13-12(19)11(18)10(6-17)22-14(13)20/h1-5,10-14,17-20H,6H2/t10-,11-,12+,13-,14+/m1/s1. The fourth-order valence-electron chi connectivity index (χ4n) is 2.55. The third-order valence-corrected chi connectivity index (χ3v) is 4.02. The van der Waals surface area contributed by atoms with E-state index >= 15 is 0 Å². The van der Waals surface area contributed by atoms with E-state index < -0.39 is 37.3 Å². The molecule has 1 aromatic heterocycles. The Balaban J connectivity index is 1.88. The average molecular weight is 330 g/mol. The molecule has 3 rings (SSSR count). The molecular formula is C14H16ClNO6. The number of ether oxygens (including phenoxy) is 2. The molecule has 1 aliphatic heterocycles. The fraction of sp³-hybridized carbons (Fsp3) is 0.429. The maximum absolute atomic E-state index is 10.1. The molecule has 0 bridgehead atoms. The van der Waals surface area contributed by atoms with Crippen molar-refractivity contribution in [3.8, 4) is 5.75 Å². The van der Waals surface area contributed by atoms with Crippen LogP contribution in [0.2, 0.25) is 0 Å².